The van der Waals surface area contributed by atoms with Crippen LogP contribution < -0.4 is 0 Å². The Kier molecular flexibility index (Phi) is 12.4. The topological polar surface area (TPSA) is 107 Å². The third kappa shape index (κ3) is 10.6. The number of aliphatic hydroxyl groups excluding tert-OH is 3. The third-order valence-electron chi connectivity index (χ3n) is 4.47. The van der Waals surface area contributed by atoms with E-state index in [-0.39, 0.29) is 18.9 Å². The summed E-state index contributed by atoms with van der Waals surface area (Å²) in [6.07, 6.45) is 15.5. The second-order valence-electron chi connectivity index (χ2n) is 6.92. The van der Waals surface area contributed by atoms with E-state index >= 15 is 0 Å². The van der Waals surface area contributed by atoms with E-state index in [1.54, 1.807) is 0 Å². The molecule has 0 aromatic carbocycles. The average Bonchev–Trinajstić information content (AvgIpc) is 3.03. The van der Waals surface area contributed by atoms with Crippen LogP contribution in [0.3, 0.4) is 0 Å². The van der Waals surface area contributed by atoms with Crippen LogP contribution in [0.4, 0.5) is 0 Å². The Labute approximate surface area is 167 Å². The van der Waals surface area contributed by atoms with Crippen molar-refractivity contribution in [3.8, 4) is 0 Å². The first-order chi connectivity index (χ1) is 13.4. The summed E-state index contributed by atoms with van der Waals surface area (Å²) in [7, 11) is 0. The van der Waals surface area contributed by atoms with Crippen molar-refractivity contribution < 1.29 is 30.0 Å². The average molecular weight is 395 g/mol. The maximum absolute atomic E-state index is 10.5. The summed E-state index contributed by atoms with van der Waals surface area (Å²) in [5.74, 6) is -0.977. The predicted octanol–water partition coefficient (Wildman–Crippen LogP) is 2.90. The maximum atomic E-state index is 10.5. The number of aliphatic hydroxyl groups is 3. The fraction of sp³-hybridized carbons (Fsp3) is 0.591. The van der Waals surface area contributed by atoms with Crippen LogP contribution in [-0.2, 0) is 9.53 Å². The van der Waals surface area contributed by atoms with Crippen molar-refractivity contribution in [2.45, 2.75) is 82.4 Å². The zero-order valence-electron chi connectivity index (χ0n) is 16.6. The van der Waals surface area contributed by atoms with E-state index in [9.17, 15) is 20.1 Å². The van der Waals surface area contributed by atoms with Crippen molar-refractivity contribution in [2.24, 2.45) is 0 Å². The highest BCUT2D eigenvalue weighted by Crippen LogP contribution is 2.26. The Balaban J connectivity index is 2.32. The smallest absolute Gasteiger partial charge is 0.303 e. The normalized spacial score (nSPS) is 25.5. The summed E-state index contributed by atoms with van der Waals surface area (Å²) in [5, 5.41) is 38.5. The van der Waals surface area contributed by atoms with Gasteiger partial charge in [-0.3, -0.25) is 4.79 Å². The molecule has 1 heterocycles. The summed E-state index contributed by atoms with van der Waals surface area (Å²) in [6.45, 7) is 2.11. The minimum Gasteiger partial charge on any atom is -0.481 e. The molecule has 0 unspecified atom stereocenters. The molecular weight excluding hydrogens is 360 g/mol. The molecule has 28 heavy (non-hydrogen) atoms. The Bertz CT molecular complexity index is 551. The lowest BCUT2D eigenvalue weighted by molar-refractivity contribution is -0.137. The molecule has 0 bridgehead atoms. The van der Waals surface area contributed by atoms with E-state index in [1.807, 2.05) is 12.2 Å². The van der Waals surface area contributed by atoms with Gasteiger partial charge in [0.2, 0.25) is 0 Å². The van der Waals surface area contributed by atoms with Gasteiger partial charge < -0.3 is 25.2 Å². The molecule has 0 aliphatic carbocycles. The van der Waals surface area contributed by atoms with Gasteiger partial charge in [0.25, 0.3) is 0 Å². The van der Waals surface area contributed by atoms with Crippen LogP contribution >= 0.6 is 0 Å². The van der Waals surface area contributed by atoms with Crippen LogP contribution in [0, 0.1) is 0 Å². The van der Waals surface area contributed by atoms with Gasteiger partial charge in [0.15, 0.2) is 0 Å². The van der Waals surface area contributed by atoms with Crippen LogP contribution in [-0.4, -0.2) is 56.9 Å². The van der Waals surface area contributed by atoms with Gasteiger partial charge in [-0.2, -0.15) is 0 Å². The van der Waals surface area contributed by atoms with Gasteiger partial charge >= 0.3 is 5.97 Å². The molecule has 0 saturated carbocycles. The molecule has 1 fully saturated rings. The molecule has 1 rings (SSSR count). The van der Waals surface area contributed by atoms with Gasteiger partial charge in [-0.1, -0.05) is 55.5 Å². The second-order valence-corrected chi connectivity index (χ2v) is 6.92. The summed E-state index contributed by atoms with van der Waals surface area (Å²) in [4.78, 5) is 10.5. The molecule has 1 saturated heterocycles. The van der Waals surface area contributed by atoms with Crippen LogP contribution in [0.25, 0.3) is 0 Å². The van der Waals surface area contributed by atoms with Gasteiger partial charge in [-0.15, -0.1) is 0 Å². The molecule has 1 aliphatic rings. The first kappa shape index (κ1) is 24.3. The van der Waals surface area contributed by atoms with Gasteiger partial charge in [0.05, 0.1) is 30.5 Å². The van der Waals surface area contributed by atoms with E-state index in [4.69, 9.17) is 9.84 Å². The second kappa shape index (κ2) is 14.3. The van der Waals surface area contributed by atoms with Gasteiger partial charge in [0.1, 0.15) is 0 Å². The van der Waals surface area contributed by atoms with E-state index in [2.05, 4.69) is 31.2 Å². The van der Waals surface area contributed by atoms with E-state index < -0.39 is 30.4 Å². The number of carboxylic acids is 1. The molecule has 0 aromatic heterocycles. The summed E-state index contributed by atoms with van der Waals surface area (Å²) < 4.78 is 5.73. The standard InChI is InChI=1S/C22H34O6/c1-2-3-4-5-6-7-8-9-10-11-20-19(25)16-21(28-20)18(24)14-12-17(23)13-15-22(26)27/h3-4,6-7,9-10,12,14,17-21,23-25H,2,5,8,11,13,15-16H2,1H3,(H,26,27)/b4-3-,7-6-,10-9-,14-12+/t17-,18+,19+,20-,21-/m0/s1. The largest absolute Gasteiger partial charge is 0.481 e. The van der Waals surface area contributed by atoms with Crippen molar-refractivity contribution in [3.05, 3.63) is 48.6 Å². The number of ether oxygens (including phenoxy) is 1. The summed E-state index contributed by atoms with van der Waals surface area (Å²) in [6, 6.07) is 0. The predicted molar refractivity (Wildman–Crippen MR) is 109 cm³/mol. The minimum atomic E-state index is -0.977. The zero-order chi connectivity index (χ0) is 20.8. The summed E-state index contributed by atoms with van der Waals surface area (Å²) in [5.41, 5.74) is 0. The van der Waals surface area contributed by atoms with Crippen molar-refractivity contribution in [1.29, 1.82) is 0 Å². The van der Waals surface area contributed by atoms with Gasteiger partial charge in [-0.05, 0) is 32.1 Å². The zero-order valence-corrected chi connectivity index (χ0v) is 16.6. The Morgan fingerprint density at radius 3 is 2.36 bits per heavy atom. The molecule has 158 valence electrons. The Morgan fingerprint density at radius 1 is 1.07 bits per heavy atom. The number of carbonyl (C=O) groups is 1. The van der Waals surface area contributed by atoms with Crippen LogP contribution in [0.5, 0.6) is 0 Å². The number of carboxylic acid groups (broad SMARTS) is 1. The van der Waals surface area contributed by atoms with E-state index in [1.165, 1.54) is 12.2 Å². The molecule has 6 nitrogen and oxygen atoms in total. The van der Waals surface area contributed by atoms with Crippen LogP contribution in [0.1, 0.15) is 51.9 Å². The first-order valence-electron chi connectivity index (χ1n) is 9.98. The van der Waals surface area contributed by atoms with Crippen LogP contribution in [0.15, 0.2) is 48.6 Å². The van der Waals surface area contributed by atoms with Crippen LogP contribution in [0.2, 0.25) is 0 Å². The first-order valence-corrected chi connectivity index (χ1v) is 9.98. The third-order valence-corrected chi connectivity index (χ3v) is 4.47. The van der Waals surface area contributed by atoms with Crippen molar-refractivity contribution in [1.82, 2.24) is 0 Å². The highest BCUT2D eigenvalue weighted by Gasteiger charge is 2.36. The monoisotopic (exact) mass is 394 g/mol. The van der Waals surface area contributed by atoms with Gasteiger partial charge in [0, 0.05) is 12.8 Å². The van der Waals surface area contributed by atoms with Crippen molar-refractivity contribution in [3.63, 3.8) is 0 Å². The van der Waals surface area contributed by atoms with Crippen molar-refractivity contribution in [2.75, 3.05) is 0 Å². The quantitative estimate of drug-likeness (QED) is 0.358. The molecule has 4 N–H and O–H groups in total. The molecule has 0 spiro atoms. The highest BCUT2D eigenvalue weighted by molar-refractivity contribution is 5.66. The van der Waals surface area contributed by atoms with Crippen molar-refractivity contribution >= 4 is 5.97 Å². The number of hydrogen-bond acceptors (Lipinski definition) is 5. The molecule has 0 radical (unpaired) electrons. The molecule has 1 aliphatic heterocycles. The van der Waals surface area contributed by atoms with E-state index in [0.29, 0.717) is 12.8 Å². The molecule has 5 atom stereocenters. The van der Waals surface area contributed by atoms with Gasteiger partial charge in [-0.25, -0.2) is 0 Å². The highest BCUT2D eigenvalue weighted by atomic mass is 16.5. The minimum absolute atomic E-state index is 0.0868. The maximum Gasteiger partial charge on any atom is 0.303 e. The Hall–Kier alpha value is -1.73. The lowest BCUT2D eigenvalue weighted by Crippen LogP contribution is -2.24. The Morgan fingerprint density at radius 2 is 1.71 bits per heavy atom. The lowest BCUT2D eigenvalue weighted by Gasteiger charge is -2.16. The lowest BCUT2D eigenvalue weighted by atomic mass is 10.0. The molecular formula is C22H34O6. The fourth-order valence-corrected chi connectivity index (χ4v) is 2.87. The molecule has 0 amide bonds. The number of rotatable bonds is 13. The SMILES string of the molecule is CC/C=C\C/C=C\C/C=C\C[C@@H]1O[C@H]([C@H](O)/C=C/[C@H](O)CCC(=O)O)C[C@H]1O. The van der Waals surface area contributed by atoms with E-state index in [0.717, 1.165) is 19.3 Å². The number of allylic oxidation sites excluding steroid dienone is 5. The number of hydrogen-bond donors (Lipinski definition) is 4. The number of aliphatic carboxylic acids is 1. The summed E-state index contributed by atoms with van der Waals surface area (Å²) >= 11 is 0. The molecule has 0 aromatic rings. The fourth-order valence-electron chi connectivity index (χ4n) is 2.87. The molecule has 6 heteroatoms.